The molecule has 224 valence electrons. The van der Waals surface area contributed by atoms with Gasteiger partial charge in [0.05, 0.1) is 22.2 Å². The summed E-state index contributed by atoms with van der Waals surface area (Å²) in [6, 6.07) is 15.7. The largest absolute Gasteiger partial charge is 0.494 e. The van der Waals surface area contributed by atoms with Crippen molar-refractivity contribution >= 4 is 45.3 Å². The molecule has 0 radical (unpaired) electrons. The lowest BCUT2D eigenvalue weighted by Crippen LogP contribution is -2.51. The first kappa shape index (κ1) is 29.2. The van der Waals surface area contributed by atoms with Crippen molar-refractivity contribution in [3.63, 3.8) is 0 Å². The molecule has 0 unspecified atom stereocenters. The first-order valence-corrected chi connectivity index (χ1v) is 15.6. The lowest BCUT2D eigenvalue weighted by atomic mass is 10.0. The normalized spacial score (nSPS) is 18.1. The molecule has 2 aliphatic heterocycles. The number of rotatable bonds is 9. The Morgan fingerprint density at radius 3 is 2.65 bits per heavy atom. The molecule has 1 amide bonds. The van der Waals surface area contributed by atoms with Gasteiger partial charge in [0.15, 0.2) is 0 Å². The monoisotopic (exact) mass is 603 g/mol. The van der Waals surface area contributed by atoms with Gasteiger partial charge < -0.3 is 24.6 Å². The number of benzene rings is 3. The molecule has 2 saturated heterocycles. The Morgan fingerprint density at radius 2 is 1.88 bits per heavy atom. The van der Waals surface area contributed by atoms with Crippen molar-refractivity contribution in [2.24, 2.45) is 0 Å². The van der Waals surface area contributed by atoms with Gasteiger partial charge in [0.25, 0.3) is 0 Å². The fraction of sp³-hybridized carbons (Fsp3) is 0.364. The average Bonchev–Trinajstić information content (AvgIpc) is 3.26. The maximum absolute atomic E-state index is 14.8. The summed E-state index contributed by atoms with van der Waals surface area (Å²) >= 11 is 1.85. The quantitative estimate of drug-likeness (QED) is 0.252. The third kappa shape index (κ3) is 5.61. The van der Waals surface area contributed by atoms with Crippen molar-refractivity contribution in [3.05, 3.63) is 88.0 Å². The Balaban J connectivity index is 1.14. The highest BCUT2D eigenvalue weighted by atomic mass is 32.2. The van der Waals surface area contributed by atoms with Crippen molar-refractivity contribution in [1.82, 2.24) is 14.8 Å². The Labute approximate surface area is 252 Å². The molecule has 4 aromatic rings. The van der Waals surface area contributed by atoms with Crippen LogP contribution in [0.5, 0.6) is 5.75 Å². The summed E-state index contributed by atoms with van der Waals surface area (Å²) in [5.41, 5.74) is -0.196. The van der Waals surface area contributed by atoms with Crippen molar-refractivity contribution in [2.75, 3.05) is 26.2 Å². The standard InChI is InChI=1S/C33H34FN3O5S/c1-2-28-31(39)37(33(43-28)11-13-35-14-12-33)15-4-16-42-24-10-9-22-17-21(7-8-23(22)18-24)19-36-20-26(32(40)41)30(38)25-5-3-6-27(34)29(25)36/h3,5-10,17-18,20,28,35H,2,4,11-16,19H2,1H3,(H,40,41)/t28-/m0/s1. The van der Waals surface area contributed by atoms with Crippen LogP contribution in [0.2, 0.25) is 0 Å². The molecule has 3 aromatic carbocycles. The van der Waals surface area contributed by atoms with Crippen LogP contribution in [-0.2, 0) is 11.3 Å². The third-order valence-electron chi connectivity index (χ3n) is 8.45. The number of para-hydroxylation sites is 1. The number of ether oxygens (including phenoxy) is 1. The number of amides is 1. The van der Waals surface area contributed by atoms with Crippen molar-refractivity contribution < 1.29 is 23.8 Å². The molecule has 3 heterocycles. The van der Waals surface area contributed by atoms with Crippen LogP contribution in [0.4, 0.5) is 4.39 Å². The van der Waals surface area contributed by atoms with Gasteiger partial charge in [0.2, 0.25) is 11.3 Å². The zero-order valence-corrected chi connectivity index (χ0v) is 24.8. The topological polar surface area (TPSA) is 101 Å². The van der Waals surface area contributed by atoms with Crippen molar-refractivity contribution in [2.45, 2.75) is 49.3 Å². The maximum atomic E-state index is 14.8. The van der Waals surface area contributed by atoms with Crippen LogP contribution in [0.15, 0.2) is 65.6 Å². The Kier molecular flexibility index (Phi) is 8.15. The van der Waals surface area contributed by atoms with E-state index in [0.29, 0.717) is 13.2 Å². The molecule has 1 aromatic heterocycles. The Morgan fingerprint density at radius 1 is 1.12 bits per heavy atom. The molecule has 1 spiro atoms. The van der Waals surface area contributed by atoms with Crippen LogP contribution in [0.25, 0.3) is 21.7 Å². The minimum Gasteiger partial charge on any atom is -0.494 e. The SMILES string of the molecule is CC[C@@H]1SC2(CCNCC2)N(CCCOc2ccc3cc(Cn4cc(C(=O)O)c(=O)c5cccc(F)c54)ccc3c2)C1=O. The molecule has 2 aliphatic rings. The summed E-state index contributed by atoms with van der Waals surface area (Å²) in [7, 11) is 0. The molecule has 8 nitrogen and oxygen atoms in total. The number of pyridine rings is 1. The van der Waals surface area contributed by atoms with Gasteiger partial charge in [-0.1, -0.05) is 31.2 Å². The highest BCUT2D eigenvalue weighted by molar-refractivity contribution is 8.02. The number of hydrogen-bond donors (Lipinski definition) is 2. The summed E-state index contributed by atoms with van der Waals surface area (Å²) in [6.07, 6.45) is 4.76. The van der Waals surface area contributed by atoms with E-state index in [4.69, 9.17) is 4.74 Å². The Bertz CT molecular complexity index is 1770. The van der Waals surface area contributed by atoms with E-state index >= 15 is 0 Å². The van der Waals surface area contributed by atoms with E-state index < -0.39 is 22.8 Å². The number of fused-ring (bicyclic) bond motifs is 2. The molecule has 6 rings (SSSR count). The molecule has 1 atom stereocenters. The van der Waals surface area contributed by atoms with Gasteiger partial charge in [0, 0.05) is 24.7 Å². The number of carbonyl (C=O) groups is 2. The molecule has 0 bridgehead atoms. The summed E-state index contributed by atoms with van der Waals surface area (Å²) in [4.78, 5) is 39.4. The second-order valence-electron chi connectivity index (χ2n) is 11.2. The minimum absolute atomic E-state index is 0.0337. The number of carbonyl (C=O) groups excluding carboxylic acids is 1. The maximum Gasteiger partial charge on any atom is 0.341 e. The summed E-state index contributed by atoms with van der Waals surface area (Å²) in [5.74, 6) is -0.936. The Hall–Kier alpha value is -3.89. The summed E-state index contributed by atoms with van der Waals surface area (Å²) < 4.78 is 22.3. The number of aromatic nitrogens is 1. The highest BCUT2D eigenvalue weighted by Crippen LogP contribution is 2.47. The molecular formula is C33H34FN3O5S. The lowest BCUT2D eigenvalue weighted by molar-refractivity contribution is -0.132. The van der Waals surface area contributed by atoms with E-state index in [9.17, 15) is 23.9 Å². The van der Waals surface area contributed by atoms with E-state index in [0.717, 1.165) is 60.9 Å². The number of thioether (sulfide) groups is 1. The van der Waals surface area contributed by atoms with Gasteiger partial charge in [-0.15, -0.1) is 11.8 Å². The number of carboxylic acids is 1. The van der Waals surface area contributed by atoms with E-state index in [1.54, 1.807) is 0 Å². The molecular weight excluding hydrogens is 569 g/mol. The third-order valence-corrected chi connectivity index (χ3v) is 10.3. The van der Waals surface area contributed by atoms with Gasteiger partial charge in [-0.05, 0) is 85.4 Å². The first-order valence-electron chi connectivity index (χ1n) is 14.7. The minimum atomic E-state index is -1.35. The van der Waals surface area contributed by atoms with E-state index in [1.807, 2.05) is 48.2 Å². The fourth-order valence-corrected chi connectivity index (χ4v) is 7.97. The van der Waals surface area contributed by atoms with Gasteiger partial charge in [-0.25, -0.2) is 9.18 Å². The predicted octanol–water partition coefficient (Wildman–Crippen LogP) is 5.24. The molecule has 43 heavy (non-hydrogen) atoms. The van der Waals surface area contributed by atoms with Crippen LogP contribution in [0.3, 0.4) is 0 Å². The predicted molar refractivity (Wildman–Crippen MR) is 167 cm³/mol. The number of nitrogens with zero attached hydrogens (tertiary/aromatic N) is 2. The van der Waals surface area contributed by atoms with Crippen LogP contribution >= 0.6 is 11.8 Å². The van der Waals surface area contributed by atoms with E-state index in [1.165, 1.54) is 29.0 Å². The number of hydrogen-bond acceptors (Lipinski definition) is 6. The van der Waals surface area contributed by atoms with E-state index in [-0.39, 0.29) is 33.5 Å². The molecule has 10 heteroatoms. The second kappa shape index (κ2) is 12.0. The summed E-state index contributed by atoms with van der Waals surface area (Å²) in [6.45, 7) is 5.33. The molecule has 0 aliphatic carbocycles. The molecule has 0 saturated carbocycles. The highest BCUT2D eigenvalue weighted by Gasteiger charge is 2.50. The summed E-state index contributed by atoms with van der Waals surface area (Å²) in [5, 5.41) is 15.0. The van der Waals surface area contributed by atoms with Crippen LogP contribution in [-0.4, -0.2) is 62.8 Å². The van der Waals surface area contributed by atoms with Gasteiger partial charge in [0.1, 0.15) is 17.1 Å². The first-order chi connectivity index (χ1) is 20.8. The van der Waals surface area contributed by atoms with Crippen molar-refractivity contribution in [1.29, 1.82) is 0 Å². The lowest BCUT2D eigenvalue weighted by Gasteiger charge is -2.40. The van der Waals surface area contributed by atoms with Crippen molar-refractivity contribution in [3.8, 4) is 5.75 Å². The van der Waals surface area contributed by atoms with Crippen LogP contribution in [0, 0.1) is 5.82 Å². The van der Waals surface area contributed by atoms with Crippen LogP contribution < -0.4 is 15.5 Å². The van der Waals surface area contributed by atoms with E-state index in [2.05, 4.69) is 17.1 Å². The molecule has 2 N–H and O–H groups in total. The average molecular weight is 604 g/mol. The van der Waals surface area contributed by atoms with Gasteiger partial charge >= 0.3 is 5.97 Å². The number of aromatic carboxylic acids is 1. The second-order valence-corrected chi connectivity index (χ2v) is 12.8. The number of carboxylic acid groups (broad SMARTS) is 1. The smallest absolute Gasteiger partial charge is 0.341 e. The number of piperidine rings is 1. The molecule has 2 fully saturated rings. The zero-order chi connectivity index (χ0) is 30.1. The zero-order valence-electron chi connectivity index (χ0n) is 24.0. The van der Waals surface area contributed by atoms with Gasteiger partial charge in [-0.3, -0.25) is 9.59 Å². The fourth-order valence-electron chi connectivity index (χ4n) is 6.29. The number of nitrogens with one attached hydrogen (secondary N) is 1. The van der Waals surface area contributed by atoms with Crippen LogP contribution in [0.1, 0.15) is 48.5 Å². The number of halogens is 1. The van der Waals surface area contributed by atoms with Gasteiger partial charge in [-0.2, -0.15) is 0 Å².